The summed E-state index contributed by atoms with van der Waals surface area (Å²) in [6, 6.07) is 5.67. The Morgan fingerprint density at radius 3 is 2.47 bits per heavy atom. The van der Waals surface area contributed by atoms with Gasteiger partial charge >= 0.3 is 0 Å². The maximum atomic E-state index is 15.2. The van der Waals surface area contributed by atoms with Gasteiger partial charge in [0, 0.05) is 50.2 Å². The fourth-order valence-corrected chi connectivity index (χ4v) is 4.61. The Bertz CT molecular complexity index is 1500. The molecular formula is C26H26F3N7O2. The van der Waals surface area contributed by atoms with E-state index in [1.54, 1.807) is 19.2 Å². The molecule has 4 aromatic rings. The number of anilines is 3. The molecule has 4 heterocycles. The number of piperazine rings is 1. The molecule has 38 heavy (non-hydrogen) atoms. The van der Waals surface area contributed by atoms with Crippen molar-refractivity contribution in [2.45, 2.75) is 20.8 Å². The van der Waals surface area contributed by atoms with Crippen molar-refractivity contribution in [2.75, 3.05) is 42.9 Å². The maximum Gasteiger partial charge on any atom is 0.261 e. The van der Waals surface area contributed by atoms with E-state index in [1.165, 1.54) is 13.0 Å². The van der Waals surface area contributed by atoms with E-state index >= 15 is 8.78 Å². The van der Waals surface area contributed by atoms with Gasteiger partial charge in [-0.15, -0.1) is 0 Å². The van der Waals surface area contributed by atoms with Crippen molar-refractivity contribution in [2.24, 2.45) is 0 Å². The van der Waals surface area contributed by atoms with Gasteiger partial charge in [-0.25, -0.2) is 18.7 Å². The minimum atomic E-state index is -1.01. The van der Waals surface area contributed by atoms with Crippen molar-refractivity contribution in [3.8, 4) is 11.6 Å². The number of nitrogens with one attached hydrogen (secondary N) is 1. The Labute approximate surface area is 216 Å². The third-order valence-corrected chi connectivity index (χ3v) is 6.58. The minimum absolute atomic E-state index is 0.166. The molecule has 5 rings (SSSR count). The first kappa shape index (κ1) is 25.5. The van der Waals surface area contributed by atoms with E-state index in [2.05, 4.69) is 37.0 Å². The van der Waals surface area contributed by atoms with Crippen molar-refractivity contribution in [1.29, 1.82) is 0 Å². The van der Waals surface area contributed by atoms with E-state index in [0.29, 0.717) is 11.5 Å². The van der Waals surface area contributed by atoms with Crippen LogP contribution in [-0.4, -0.2) is 63.0 Å². The highest BCUT2D eigenvalue weighted by molar-refractivity contribution is 5.94. The van der Waals surface area contributed by atoms with Crippen LogP contribution < -0.4 is 15.0 Å². The average Bonchev–Trinajstić information content (AvgIpc) is 3.28. The lowest BCUT2D eigenvalue weighted by molar-refractivity contribution is 0.0939. The van der Waals surface area contributed by atoms with Crippen LogP contribution in [0.3, 0.4) is 0 Å². The molecule has 0 spiro atoms. The van der Waals surface area contributed by atoms with Gasteiger partial charge in [-0.3, -0.25) is 9.36 Å². The number of pyridine rings is 1. The quantitative estimate of drug-likeness (QED) is 0.381. The van der Waals surface area contributed by atoms with E-state index < -0.39 is 35.0 Å². The Morgan fingerprint density at radius 2 is 1.82 bits per heavy atom. The monoisotopic (exact) mass is 525 g/mol. The van der Waals surface area contributed by atoms with Crippen LogP contribution in [0.15, 0.2) is 36.8 Å². The number of halogens is 3. The standard InChI is InChI=1S/C26H26F3N7O2/c1-4-34-7-9-35(10-8-34)17-5-6-21(30-13-17)33-25-23(29)26(32-14-31-25)38-20-12-19(27)24-18(22(20)28)11-15(2)36(24)16(3)37/h5-6,11-14H,4,7-10H2,1-3H3,(H,30,31,32,33). The fraction of sp³-hybridized carbons (Fsp3) is 0.308. The third-order valence-electron chi connectivity index (χ3n) is 6.58. The number of likely N-dealkylation sites (N-methyl/N-ethyl adjacent to an activating group) is 1. The van der Waals surface area contributed by atoms with Gasteiger partial charge in [0.05, 0.1) is 17.4 Å². The number of hydrogen-bond donors (Lipinski definition) is 1. The number of hydrogen-bond acceptors (Lipinski definition) is 8. The van der Waals surface area contributed by atoms with E-state index in [1.807, 2.05) is 6.07 Å². The van der Waals surface area contributed by atoms with Crippen LogP contribution in [0.1, 0.15) is 24.3 Å². The fourth-order valence-electron chi connectivity index (χ4n) is 4.61. The highest BCUT2D eigenvalue weighted by Gasteiger charge is 2.23. The van der Waals surface area contributed by atoms with Crippen LogP contribution >= 0.6 is 0 Å². The summed E-state index contributed by atoms with van der Waals surface area (Å²) in [5, 5.41) is 2.61. The number of aryl methyl sites for hydroxylation is 1. The molecule has 198 valence electrons. The zero-order chi connectivity index (χ0) is 27.0. The molecule has 1 N–H and O–H groups in total. The van der Waals surface area contributed by atoms with Gasteiger partial charge in [0.25, 0.3) is 5.88 Å². The maximum absolute atomic E-state index is 15.2. The van der Waals surface area contributed by atoms with E-state index in [4.69, 9.17) is 4.74 Å². The first-order valence-electron chi connectivity index (χ1n) is 12.2. The Hall–Kier alpha value is -4.19. The van der Waals surface area contributed by atoms with Crippen LogP contribution in [0.4, 0.5) is 30.5 Å². The number of carbonyl (C=O) groups excluding carboxylic acids is 1. The van der Waals surface area contributed by atoms with Crippen molar-refractivity contribution >= 4 is 34.1 Å². The lowest BCUT2D eigenvalue weighted by Gasteiger charge is -2.35. The first-order valence-corrected chi connectivity index (χ1v) is 12.2. The zero-order valence-corrected chi connectivity index (χ0v) is 21.1. The molecule has 12 heteroatoms. The molecule has 0 bridgehead atoms. The van der Waals surface area contributed by atoms with E-state index in [0.717, 1.165) is 55.4 Å². The van der Waals surface area contributed by atoms with Gasteiger partial charge in [-0.1, -0.05) is 6.92 Å². The molecule has 1 fully saturated rings. The van der Waals surface area contributed by atoms with Gasteiger partial charge in [0.15, 0.2) is 23.2 Å². The number of nitrogens with zero attached hydrogens (tertiary/aromatic N) is 6. The summed E-state index contributed by atoms with van der Waals surface area (Å²) in [6.07, 6.45) is 2.73. The van der Waals surface area contributed by atoms with Crippen LogP contribution in [0, 0.1) is 24.4 Å². The van der Waals surface area contributed by atoms with Crippen LogP contribution in [-0.2, 0) is 0 Å². The summed E-state index contributed by atoms with van der Waals surface area (Å²) in [4.78, 5) is 28.5. The Balaban J connectivity index is 1.36. The SMILES string of the molecule is CCN1CCN(c2ccc(Nc3ncnc(Oc4cc(F)c5c(cc(C)n5C(C)=O)c4F)c3F)nc2)CC1. The van der Waals surface area contributed by atoms with Gasteiger partial charge in [-0.05, 0) is 31.7 Å². The molecule has 0 amide bonds. The van der Waals surface area contributed by atoms with Crippen molar-refractivity contribution in [1.82, 2.24) is 24.4 Å². The summed E-state index contributed by atoms with van der Waals surface area (Å²) in [6.45, 7) is 9.70. The number of benzene rings is 1. The smallest absolute Gasteiger partial charge is 0.261 e. The summed E-state index contributed by atoms with van der Waals surface area (Å²) >= 11 is 0. The van der Waals surface area contributed by atoms with Gasteiger partial charge in [0.1, 0.15) is 12.1 Å². The van der Waals surface area contributed by atoms with Crippen LogP contribution in [0.25, 0.3) is 10.9 Å². The largest absolute Gasteiger partial charge is 0.433 e. The highest BCUT2D eigenvalue weighted by atomic mass is 19.1. The molecule has 0 radical (unpaired) electrons. The molecule has 0 unspecified atom stereocenters. The Morgan fingerprint density at radius 1 is 1.05 bits per heavy atom. The molecule has 1 saturated heterocycles. The summed E-state index contributed by atoms with van der Waals surface area (Å²) in [7, 11) is 0. The number of aromatic nitrogens is 4. The first-order chi connectivity index (χ1) is 18.3. The topological polar surface area (TPSA) is 88.4 Å². The van der Waals surface area contributed by atoms with Crippen LogP contribution in [0.2, 0.25) is 0 Å². The molecule has 1 aromatic carbocycles. The second-order valence-electron chi connectivity index (χ2n) is 8.96. The van der Waals surface area contributed by atoms with E-state index in [9.17, 15) is 9.18 Å². The van der Waals surface area contributed by atoms with Crippen molar-refractivity contribution in [3.05, 3.63) is 59.9 Å². The number of fused-ring (bicyclic) bond motifs is 1. The Kier molecular flexibility index (Phi) is 6.89. The van der Waals surface area contributed by atoms with Crippen molar-refractivity contribution < 1.29 is 22.7 Å². The van der Waals surface area contributed by atoms with Gasteiger partial charge < -0.3 is 19.9 Å². The number of rotatable bonds is 6. The molecule has 0 aliphatic carbocycles. The molecule has 1 aliphatic rings. The summed E-state index contributed by atoms with van der Waals surface area (Å²) in [5.41, 5.74) is 1.09. The lowest BCUT2D eigenvalue weighted by Crippen LogP contribution is -2.46. The zero-order valence-electron chi connectivity index (χ0n) is 21.1. The lowest BCUT2D eigenvalue weighted by atomic mass is 10.2. The second kappa shape index (κ2) is 10.3. The van der Waals surface area contributed by atoms with Gasteiger partial charge in [-0.2, -0.15) is 9.37 Å². The van der Waals surface area contributed by atoms with Crippen molar-refractivity contribution in [3.63, 3.8) is 0 Å². The molecular weight excluding hydrogens is 499 g/mol. The third kappa shape index (κ3) is 4.74. The predicted molar refractivity (Wildman–Crippen MR) is 137 cm³/mol. The van der Waals surface area contributed by atoms with Gasteiger partial charge in [0.2, 0.25) is 11.7 Å². The molecule has 3 aromatic heterocycles. The molecule has 0 atom stereocenters. The molecule has 0 saturated carbocycles. The minimum Gasteiger partial charge on any atom is -0.433 e. The normalized spacial score (nSPS) is 14.2. The number of ether oxygens (including phenoxy) is 1. The second-order valence-corrected chi connectivity index (χ2v) is 8.96. The molecule has 9 nitrogen and oxygen atoms in total. The van der Waals surface area contributed by atoms with Crippen LogP contribution in [0.5, 0.6) is 11.6 Å². The average molecular weight is 526 g/mol. The molecule has 1 aliphatic heterocycles. The highest BCUT2D eigenvalue weighted by Crippen LogP contribution is 2.35. The predicted octanol–water partition coefficient (Wildman–Crippen LogP) is 4.89. The number of carbonyl (C=O) groups is 1. The summed E-state index contributed by atoms with van der Waals surface area (Å²) < 4.78 is 51.6. The van der Waals surface area contributed by atoms with E-state index in [-0.39, 0.29) is 16.7 Å². The summed E-state index contributed by atoms with van der Waals surface area (Å²) in [5.74, 6) is -4.41.